The monoisotopic (exact) mass is 644 g/mol. The number of nitro benzene ring substituents is 1. The van der Waals surface area contributed by atoms with E-state index in [9.17, 15) is 24.3 Å². The fourth-order valence-electron chi connectivity index (χ4n) is 5.18. The van der Waals surface area contributed by atoms with Crippen molar-refractivity contribution >= 4 is 51.7 Å². The van der Waals surface area contributed by atoms with E-state index in [0.29, 0.717) is 69.4 Å². The zero-order chi connectivity index (χ0) is 31.3. The molecule has 44 heavy (non-hydrogen) atoms. The predicted octanol–water partition coefficient (Wildman–Crippen LogP) is 4.39. The van der Waals surface area contributed by atoms with Crippen LogP contribution in [0.4, 0.5) is 16.4 Å². The van der Waals surface area contributed by atoms with E-state index < -0.39 is 24.3 Å². The van der Waals surface area contributed by atoms with Crippen LogP contribution in [0.25, 0.3) is 11.1 Å². The Labute approximate surface area is 258 Å². The summed E-state index contributed by atoms with van der Waals surface area (Å²) in [6, 6.07) is 13.2. The van der Waals surface area contributed by atoms with Crippen LogP contribution in [0.15, 0.2) is 48.5 Å². The second-order valence-corrected chi connectivity index (χ2v) is 13.6. The molecular formula is C29H33N4O9PS. The number of nitrogens with one attached hydrogen (secondary N) is 1. The minimum absolute atomic E-state index is 0.0165. The number of carbonyl (C=O) groups excluding carboxylic acids is 2. The molecule has 2 aliphatic heterocycles. The van der Waals surface area contributed by atoms with Crippen LogP contribution in [0.1, 0.15) is 27.6 Å². The smallest absolute Gasteiger partial charge is 0.341 e. The number of amides is 1. The fraction of sp³-hybridized carbons (Fsp3) is 0.379. The normalized spacial score (nSPS) is 17.1. The maximum Gasteiger partial charge on any atom is 0.341 e. The first-order chi connectivity index (χ1) is 21.3. The molecule has 0 aliphatic carbocycles. The molecule has 2 aromatic carbocycles. The Morgan fingerprint density at radius 3 is 2.32 bits per heavy atom. The molecule has 234 valence electrons. The maximum absolute atomic E-state index is 14.6. The first-order valence-corrected chi connectivity index (χ1v) is 16.5. The zero-order valence-corrected chi connectivity index (χ0v) is 26.1. The topological polar surface area (TPSA) is 150 Å². The minimum atomic E-state index is -3.75. The van der Waals surface area contributed by atoms with Crippen LogP contribution in [-0.4, -0.2) is 87.8 Å². The highest BCUT2D eigenvalue weighted by atomic mass is 32.1. The lowest BCUT2D eigenvalue weighted by molar-refractivity contribution is -0.384. The van der Waals surface area contributed by atoms with E-state index in [1.54, 1.807) is 35.9 Å². The lowest BCUT2D eigenvalue weighted by Gasteiger charge is -2.32. The van der Waals surface area contributed by atoms with Gasteiger partial charge in [0, 0.05) is 50.5 Å². The van der Waals surface area contributed by atoms with Crippen molar-refractivity contribution in [3.05, 3.63) is 69.8 Å². The SMILES string of the molecule is CCOC(=O)c1c(NC(=O)c2ccc(N3CCOCC3)c([N+](=O)[O-])c2)sc(P(=O)(OC)N2CCOCC2)c1-c1ccccc1. The molecule has 2 aliphatic rings. The number of hydrogen-bond acceptors (Lipinski definition) is 11. The average molecular weight is 645 g/mol. The van der Waals surface area contributed by atoms with Gasteiger partial charge in [0.25, 0.3) is 11.6 Å². The summed E-state index contributed by atoms with van der Waals surface area (Å²) in [5.41, 5.74) is 1.11. The summed E-state index contributed by atoms with van der Waals surface area (Å²) in [4.78, 5) is 40.5. The number of morpholine rings is 2. The number of ether oxygens (including phenoxy) is 3. The van der Waals surface area contributed by atoms with Gasteiger partial charge in [0.05, 0.1) is 38.0 Å². The van der Waals surface area contributed by atoms with Crippen molar-refractivity contribution in [1.82, 2.24) is 4.67 Å². The number of thiophene rings is 1. The third-order valence-electron chi connectivity index (χ3n) is 7.31. The molecule has 0 saturated carbocycles. The molecular weight excluding hydrogens is 611 g/mol. The highest BCUT2D eigenvalue weighted by Crippen LogP contribution is 2.55. The van der Waals surface area contributed by atoms with Crippen LogP contribution < -0.4 is 14.8 Å². The number of nitrogens with zero attached hydrogens (tertiary/aromatic N) is 3. The molecule has 1 atom stereocenters. The van der Waals surface area contributed by atoms with Crippen LogP contribution in [0.3, 0.4) is 0 Å². The third kappa shape index (κ3) is 6.41. The van der Waals surface area contributed by atoms with Crippen LogP contribution in [0.2, 0.25) is 0 Å². The fourth-order valence-corrected chi connectivity index (χ4v) is 9.30. The number of anilines is 2. The van der Waals surface area contributed by atoms with Crippen molar-refractivity contribution in [2.24, 2.45) is 0 Å². The molecule has 3 heterocycles. The second-order valence-electron chi connectivity index (χ2n) is 9.86. The summed E-state index contributed by atoms with van der Waals surface area (Å²) in [5.74, 6) is -1.40. The standard InChI is InChI=1S/C29H33N4O9PS/c1-3-42-28(35)25-24(20-7-5-4-6-8-20)29(43(38,39-2)32-13-17-41-18-14-32)44-27(25)30-26(34)21-9-10-22(23(19-21)33(36)37)31-11-15-40-16-12-31/h4-10,19H,3,11-18H2,1-2H3,(H,30,34). The predicted molar refractivity (Wildman–Crippen MR) is 166 cm³/mol. The summed E-state index contributed by atoms with van der Waals surface area (Å²) in [7, 11) is -2.40. The molecule has 2 fully saturated rings. The zero-order valence-electron chi connectivity index (χ0n) is 24.4. The molecule has 1 N–H and O–H groups in total. The van der Waals surface area contributed by atoms with E-state index in [1.165, 1.54) is 25.3 Å². The Hall–Kier alpha value is -3.65. The first kappa shape index (κ1) is 31.8. The van der Waals surface area contributed by atoms with Gasteiger partial charge in [-0.2, -0.15) is 0 Å². The van der Waals surface area contributed by atoms with Gasteiger partial charge in [-0.25, -0.2) is 9.46 Å². The molecule has 1 aromatic heterocycles. The number of esters is 1. The van der Waals surface area contributed by atoms with Gasteiger partial charge in [0.1, 0.15) is 20.9 Å². The molecule has 1 unspecified atom stereocenters. The maximum atomic E-state index is 14.6. The van der Waals surface area contributed by atoms with Crippen LogP contribution in [-0.2, 0) is 23.3 Å². The van der Waals surface area contributed by atoms with Crippen molar-refractivity contribution in [3.63, 3.8) is 0 Å². The lowest BCUT2D eigenvalue weighted by atomic mass is 10.0. The molecule has 5 rings (SSSR count). The summed E-state index contributed by atoms with van der Waals surface area (Å²) >= 11 is 0.960. The van der Waals surface area contributed by atoms with E-state index in [4.69, 9.17) is 18.7 Å². The van der Waals surface area contributed by atoms with Crippen molar-refractivity contribution in [2.75, 3.05) is 76.5 Å². The van der Waals surface area contributed by atoms with E-state index >= 15 is 0 Å². The third-order valence-corrected chi connectivity index (χ3v) is 11.6. The summed E-state index contributed by atoms with van der Waals surface area (Å²) < 4.78 is 38.6. The highest BCUT2D eigenvalue weighted by Gasteiger charge is 2.42. The number of hydrogen-bond donors (Lipinski definition) is 1. The van der Waals surface area contributed by atoms with E-state index in [-0.39, 0.29) is 33.0 Å². The van der Waals surface area contributed by atoms with Gasteiger partial charge in [0.15, 0.2) is 0 Å². The highest BCUT2D eigenvalue weighted by molar-refractivity contribution is 7.71. The van der Waals surface area contributed by atoms with Crippen molar-refractivity contribution in [1.29, 1.82) is 0 Å². The number of benzene rings is 2. The van der Waals surface area contributed by atoms with Gasteiger partial charge in [0.2, 0.25) is 0 Å². The molecule has 15 heteroatoms. The Kier molecular flexibility index (Phi) is 10.1. The minimum Gasteiger partial charge on any atom is -0.462 e. The quantitative estimate of drug-likeness (QED) is 0.145. The summed E-state index contributed by atoms with van der Waals surface area (Å²) in [6.45, 7) is 4.96. The van der Waals surface area contributed by atoms with E-state index in [2.05, 4.69) is 5.32 Å². The molecule has 1 amide bonds. The summed E-state index contributed by atoms with van der Waals surface area (Å²) in [6.07, 6.45) is 0. The molecule has 0 radical (unpaired) electrons. The average Bonchev–Trinajstić information content (AvgIpc) is 3.45. The van der Waals surface area contributed by atoms with E-state index in [0.717, 1.165) is 11.3 Å². The van der Waals surface area contributed by atoms with Crippen molar-refractivity contribution in [3.8, 4) is 11.1 Å². The van der Waals surface area contributed by atoms with Gasteiger partial charge in [-0.15, -0.1) is 11.3 Å². The van der Waals surface area contributed by atoms with E-state index in [1.807, 2.05) is 11.0 Å². The number of nitro groups is 1. The van der Waals surface area contributed by atoms with Crippen LogP contribution in [0, 0.1) is 10.1 Å². The van der Waals surface area contributed by atoms with Gasteiger partial charge in [-0.05, 0) is 24.6 Å². The number of carbonyl (C=O) groups is 2. The van der Waals surface area contributed by atoms with Crippen LogP contribution in [0.5, 0.6) is 0 Å². The lowest BCUT2D eigenvalue weighted by Crippen LogP contribution is -2.37. The second kappa shape index (κ2) is 14.0. The Morgan fingerprint density at radius 2 is 1.70 bits per heavy atom. The Bertz CT molecular complexity index is 1570. The van der Waals surface area contributed by atoms with Crippen molar-refractivity contribution < 1.29 is 37.8 Å². The Balaban J connectivity index is 1.61. The molecule has 0 spiro atoms. The largest absolute Gasteiger partial charge is 0.462 e. The van der Waals surface area contributed by atoms with Crippen molar-refractivity contribution in [2.45, 2.75) is 6.92 Å². The Morgan fingerprint density at radius 1 is 1.05 bits per heavy atom. The summed E-state index contributed by atoms with van der Waals surface area (Å²) in [5, 5.41) is 14.9. The first-order valence-electron chi connectivity index (χ1n) is 14.1. The number of rotatable bonds is 10. The molecule has 3 aromatic rings. The van der Waals surface area contributed by atoms with Crippen LogP contribution >= 0.6 is 18.9 Å². The van der Waals surface area contributed by atoms with Gasteiger partial charge >= 0.3 is 13.5 Å². The van der Waals surface area contributed by atoms with Gasteiger partial charge in [-0.1, -0.05) is 30.3 Å². The van der Waals surface area contributed by atoms with Gasteiger partial charge in [-0.3, -0.25) is 19.5 Å². The molecule has 0 bridgehead atoms. The molecule has 2 saturated heterocycles. The van der Waals surface area contributed by atoms with Gasteiger partial charge < -0.3 is 29.0 Å². The molecule has 13 nitrogen and oxygen atoms in total.